The molecule has 76 valence electrons. The number of imidazole rings is 1. The van der Waals surface area contributed by atoms with Gasteiger partial charge in [0.05, 0.1) is 0 Å². The maximum absolute atomic E-state index is 5.84. The molecule has 0 saturated heterocycles. The fourth-order valence-electron chi connectivity index (χ4n) is 0.705. The first-order valence-electron chi connectivity index (χ1n) is 3.40. The van der Waals surface area contributed by atoms with Crippen molar-refractivity contribution in [2.45, 2.75) is 6.73 Å². The van der Waals surface area contributed by atoms with Crippen LogP contribution in [-0.4, -0.2) is 16.2 Å². The Kier molecular flexibility index (Phi) is 5.28. The zero-order valence-corrected chi connectivity index (χ0v) is 11.4. The molecule has 0 atom stereocenters. The minimum Gasteiger partial charge on any atom is -0.348 e. The molecular formula is C7H4Br2Cl2N2O. The summed E-state index contributed by atoms with van der Waals surface area (Å²) in [5.41, 5.74) is 0. The molecule has 14 heavy (non-hydrogen) atoms. The molecule has 3 nitrogen and oxygen atoms in total. The van der Waals surface area contributed by atoms with Gasteiger partial charge in [-0.1, -0.05) is 29.1 Å². The molecule has 0 unspecified atom stereocenters. The van der Waals surface area contributed by atoms with Crippen LogP contribution < -0.4 is 0 Å². The molecule has 0 aliphatic rings. The fourth-order valence-corrected chi connectivity index (χ4v) is 1.83. The van der Waals surface area contributed by atoms with Crippen molar-refractivity contribution in [2.24, 2.45) is 0 Å². The van der Waals surface area contributed by atoms with E-state index in [4.69, 9.17) is 27.9 Å². The van der Waals surface area contributed by atoms with Gasteiger partial charge in [0.25, 0.3) is 0 Å². The Labute approximate surface area is 108 Å². The van der Waals surface area contributed by atoms with Crippen molar-refractivity contribution in [3.05, 3.63) is 15.0 Å². The van der Waals surface area contributed by atoms with Crippen molar-refractivity contribution in [1.82, 2.24) is 9.55 Å². The topological polar surface area (TPSA) is 27.1 Å². The maximum Gasteiger partial charge on any atom is 0.181 e. The first kappa shape index (κ1) is 12.3. The lowest BCUT2D eigenvalue weighted by Crippen LogP contribution is -2.03. The number of hydrogen-bond donors (Lipinski definition) is 0. The standard InChI is InChI=1S/C7H4Br2Cl2N2O/c8-2-1-3-14-4-13-6(11)5(10)12-7(13)9/h3-4H2. The zero-order chi connectivity index (χ0) is 10.6. The summed E-state index contributed by atoms with van der Waals surface area (Å²) in [5.74, 6) is 2.68. The van der Waals surface area contributed by atoms with E-state index in [0.29, 0.717) is 16.5 Å². The maximum atomic E-state index is 5.84. The van der Waals surface area contributed by atoms with Crippen molar-refractivity contribution < 1.29 is 4.74 Å². The molecule has 0 spiro atoms. The summed E-state index contributed by atoms with van der Waals surface area (Å²) < 4.78 is 7.29. The molecule has 1 rings (SSSR count). The van der Waals surface area contributed by atoms with Gasteiger partial charge in [-0.2, -0.15) is 0 Å². The lowest BCUT2D eigenvalue weighted by atomic mass is 10.7. The molecule has 0 aliphatic carbocycles. The predicted molar refractivity (Wildman–Crippen MR) is 62.6 cm³/mol. The van der Waals surface area contributed by atoms with Crippen molar-refractivity contribution in [2.75, 3.05) is 6.61 Å². The average Bonchev–Trinajstić information content (AvgIpc) is 2.38. The summed E-state index contributed by atoms with van der Waals surface area (Å²) in [7, 11) is 0. The van der Waals surface area contributed by atoms with Gasteiger partial charge in [-0.3, -0.25) is 4.57 Å². The van der Waals surface area contributed by atoms with Crippen LogP contribution in [0.25, 0.3) is 0 Å². The van der Waals surface area contributed by atoms with E-state index in [2.05, 4.69) is 47.6 Å². The molecule has 7 heteroatoms. The van der Waals surface area contributed by atoms with Crippen LogP contribution in [0.3, 0.4) is 0 Å². The minimum absolute atomic E-state index is 0.244. The fraction of sp³-hybridized carbons (Fsp3) is 0.286. The summed E-state index contributed by atoms with van der Waals surface area (Å²) >= 11 is 17.7. The third-order valence-electron chi connectivity index (χ3n) is 1.28. The van der Waals surface area contributed by atoms with Crippen LogP contribution >= 0.6 is 55.1 Å². The van der Waals surface area contributed by atoms with Crippen LogP contribution in [-0.2, 0) is 11.5 Å². The van der Waals surface area contributed by atoms with E-state index in [9.17, 15) is 0 Å². The van der Waals surface area contributed by atoms with Gasteiger partial charge in [0.15, 0.2) is 15.0 Å². The third kappa shape index (κ3) is 3.14. The molecule has 0 fully saturated rings. The summed E-state index contributed by atoms with van der Waals surface area (Å²) in [6.45, 7) is 0.560. The number of ether oxygens (including phenoxy) is 1. The number of rotatable bonds is 3. The Balaban J connectivity index is 2.61. The molecular weight excluding hydrogens is 359 g/mol. The van der Waals surface area contributed by atoms with Crippen LogP contribution in [0.2, 0.25) is 10.3 Å². The van der Waals surface area contributed by atoms with E-state index >= 15 is 0 Å². The minimum atomic E-state index is 0.244. The second-order valence-electron chi connectivity index (χ2n) is 2.14. The lowest BCUT2D eigenvalue weighted by molar-refractivity contribution is 0.103. The predicted octanol–water partition coefficient (Wildman–Crippen LogP) is 3.28. The quantitative estimate of drug-likeness (QED) is 0.609. The van der Waals surface area contributed by atoms with Crippen LogP contribution in [0.15, 0.2) is 4.73 Å². The lowest BCUT2D eigenvalue weighted by Gasteiger charge is -2.03. The van der Waals surface area contributed by atoms with Crippen LogP contribution in [0.5, 0.6) is 0 Å². The SMILES string of the molecule is Clc1nc(Br)n(COCC#CBr)c1Cl. The van der Waals surface area contributed by atoms with Gasteiger partial charge in [0.1, 0.15) is 13.3 Å². The summed E-state index contributed by atoms with van der Waals surface area (Å²) in [6.07, 6.45) is 0. The van der Waals surface area contributed by atoms with Crippen LogP contribution in [0.4, 0.5) is 0 Å². The Bertz CT molecular complexity index is 383. The summed E-state index contributed by atoms with van der Waals surface area (Å²) in [6, 6.07) is 0. The van der Waals surface area contributed by atoms with E-state index in [-0.39, 0.29) is 11.9 Å². The number of aromatic nitrogens is 2. The van der Waals surface area contributed by atoms with Crippen molar-refractivity contribution >= 4 is 55.1 Å². The molecule has 0 aliphatic heterocycles. The Hall–Kier alpha value is 0.270. The van der Waals surface area contributed by atoms with E-state index in [0.717, 1.165) is 0 Å². The molecule has 1 aromatic rings. The van der Waals surface area contributed by atoms with E-state index in [1.807, 2.05) is 0 Å². The van der Waals surface area contributed by atoms with Crippen LogP contribution in [0.1, 0.15) is 0 Å². The highest BCUT2D eigenvalue weighted by atomic mass is 79.9. The zero-order valence-electron chi connectivity index (χ0n) is 6.73. The van der Waals surface area contributed by atoms with E-state index < -0.39 is 0 Å². The Morgan fingerprint density at radius 3 is 2.71 bits per heavy atom. The molecule has 0 aromatic carbocycles. The van der Waals surface area contributed by atoms with Gasteiger partial charge in [0.2, 0.25) is 0 Å². The molecule has 0 amide bonds. The third-order valence-corrected chi connectivity index (χ3v) is 2.91. The largest absolute Gasteiger partial charge is 0.348 e. The Morgan fingerprint density at radius 2 is 2.21 bits per heavy atom. The summed E-state index contributed by atoms with van der Waals surface area (Å²) in [5, 5.41) is 0.582. The second-order valence-corrected chi connectivity index (χ2v) is 3.96. The first-order valence-corrected chi connectivity index (χ1v) is 5.74. The van der Waals surface area contributed by atoms with Gasteiger partial charge >= 0.3 is 0 Å². The summed E-state index contributed by atoms with van der Waals surface area (Å²) in [4.78, 5) is 6.43. The molecule has 0 radical (unpaired) electrons. The molecule has 0 bridgehead atoms. The highest BCUT2D eigenvalue weighted by molar-refractivity contribution is 9.12. The molecule has 1 heterocycles. The second kappa shape index (κ2) is 5.99. The van der Waals surface area contributed by atoms with Gasteiger partial charge in [-0.15, -0.1) is 0 Å². The average molecular weight is 363 g/mol. The smallest absolute Gasteiger partial charge is 0.181 e. The van der Waals surface area contributed by atoms with Crippen molar-refractivity contribution in [3.63, 3.8) is 0 Å². The van der Waals surface area contributed by atoms with Gasteiger partial charge in [-0.25, -0.2) is 4.98 Å². The Morgan fingerprint density at radius 1 is 1.50 bits per heavy atom. The highest BCUT2D eigenvalue weighted by Gasteiger charge is 2.11. The van der Waals surface area contributed by atoms with Gasteiger partial charge in [-0.05, 0) is 20.8 Å². The van der Waals surface area contributed by atoms with Gasteiger partial charge in [0, 0.05) is 15.9 Å². The monoisotopic (exact) mass is 360 g/mol. The van der Waals surface area contributed by atoms with Crippen molar-refractivity contribution in [1.29, 1.82) is 0 Å². The number of halogens is 4. The van der Waals surface area contributed by atoms with Gasteiger partial charge < -0.3 is 4.74 Å². The number of nitrogens with zero attached hydrogens (tertiary/aromatic N) is 2. The van der Waals surface area contributed by atoms with E-state index in [1.165, 1.54) is 0 Å². The molecule has 1 aromatic heterocycles. The normalized spacial score (nSPS) is 9.71. The molecule has 0 saturated carbocycles. The first-order chi connectivity index (χ1) is 6.66. The molecule has 0 N–H and O–H groups in total. The van der Waals surface area contributed by atoms with E-state index in [1.54, 1.807) is 4.57 Å². The van der Waals surface area contributed by atoms with Crippen LogP contribution in [0, 0.1) is 10.8 Å². The number of hydrogen-bond acceptors (Lipinski definition) is 2. The van der Waals surface area contributed by atoms with Crippen molar-refractivity contribution in [3.8, 4) is 10.8 Å². The highest BCUT2D eigenvalue weighted by Crippen LogP contribution is 2.25.